The Morgan fingerprint density at radius 3 is 1.48 bits per heavy atom. The molecule has 33 heavy (non-hydrogen) atoms. The summed E-state index contributed by atoms with van der Waals surface area (Å²) >= 11 is 0. The third kappa shape index (κ3) is 12.9. The smallest absolute Gasteiger partial charge is 0.127 e. The minimum atomic E-state index is 0.923. The summed E-state index contributed by atoms with van der Waals surface area (Å²) in [6.07, 6.45) is 24.5. The Bertz CT molecular complexity index is 706. The lowest BCUT2D eigenvalue weighted by Crippen LogP contribution is -1.97. The van der Waals surface area contributed by atoms with E-state index < -0.39 is 0 Å². The lowest BCUT2D eigenvalue weighted by atomic mass is 9.96. The monoisotopic (exact) mass is 450 g/mol. The van der Waals surface area contributed by atoms with E-state index >= 15 is 0 Å². The van der Waals surface area contributed by atoms with Crippen LogP contribution < -0.4 is 4.74 Å². The van der Waals surface area contributed by atoms with Crippen molar-refractivity contribution in [2.45, 2.75) is 129 Å². The molecule has 0 heterocycles. The first kappa shape index (κ1) is 27.5. The normalized spacial score (nSPS) is 11.1. The molecule has 2 aromatic carbocycles. The largest absolute Gasteiger partial charge is 0.457 e. The van der Waals surface area contributed by atoms with Crippen LogP contribution in [0.5, 0.6) is 11.5 Å². The third-order valence-corrected chi connectivity index (χ3v) is 6.76. The summed E-state index contributed by atoms with van der Waals surface area (Å²) in [5.41, 5.74) is 3.06. The number of hydrogen-bond acceptors (Lipinski definition) is 1. The van der Waals surface area contributed by atoms with Gasteiger partial charge in [0.2, 0.25) is 0 Å². The van der Waals surface area contributed by atoms with Crippen LogP contribution in [0.4, 0.5) is 0 Å². The summed E-state index contributed by atoms with van der Waals surface area (Å²) in [7, 11) is 0. The second kappa shape index (κ2) is 18.6. The molecule has 184 valence electrons. The van der Waals surface area contributed by atoms with Gasteiger partial charge in [0.25, 0.3) is 0 Å². The highest BCUT2D eigenvalue weighted by molar-refractivity contribution is 5.38. The number of hydrogen-bond donors (Lipinski definition) is 0. The molecule has 0 saturated carbocycles. The predicted molar refractivity (Wildman–Crippen MR) is 146 cm³/mol. The van der Waals surface area contributed by atoms with Gasteiger partial charge in [-0.1, -0.05) is 128 Å². The minimum Gasteiger partial charge on any atom is -0.457 e. The van der Waals surface area contributed by atoms with E-state index in [2.05, 4.69) is 32.0 Å². The maximum absolute atomic E-state index is 6.15. The van der Waals surface area contributed by atoms with Crippen LogP contribution in [-0.4, -0.2) is 0 Å². The molecule has 1 heteroatoms. The van der Waals surface area contributed by atoms with Gasteiger partial charge in [-0.25, -0.2) is 0 Å². The fourth-order valence-electron chi connectivity index (χ4n) is 4.67. The van der Waals surface area contributed by atoms with Gasteiger partial charge in [0, 0.05) is 0 Å². The van der Waals surface area contributed by atoms with Gasteiger partial charge in [-0.05, 0) is 61.1 Å². The summed E-state index contributed by atoms with van der Waals surface area (Å²) in [4.78, 5) is 0. The average Bonchev–Trinajstić information content (AvgIpc) is 2.84. The highest BCUT2D eigenvalue weighted by Gasteiger charge is 2.07. The van der Waals surface area contributed by atoms with Crippen LogP contribution >= 0.6 is 0 Å². The minimum absolute atomic E-state index is 0.923. The van der Waals surface area contributed by atoms with Gasteiger partial charge in [0.15, 0.2) is 0 Å². The lowest BCUT2D eigenvalue weighted by Gasteiger charge is -2.13. The number of ether oxygens (including phenoxy) is 1. The number of benzene rings is 2. The molecule has 2 aromatic rings. The Labute approximate surface area is 205 Å². The molecule has 0 amide bonds. The van der Waals surface area contributed by atoms with E-state index in [1.165, 1.54) is 121 Å². The molecule has 0 fully saturated rings. The molecule has 0 radical (unpaired) electrons. The molecule has 0 bridgehead atoms. The number of para-hydroxylation sites is 1. The average molecular weight is 451 g/mol. The summed E-state index contributed by atoms with van der Waals surface area (Å²) in [5, 5.41) is 0. The van der Waals surface area contributed by atoms with Gasteiger partial charge in [0.05, 0.1) is 0 Å². The summed E-state index contributed by atoms with van der Waals surface area (Å²) in [5.74, 6) is 1.90. The Morgan fingerprint density at radius 1 is 0.455 bits per heavy atom. The van der Waals surface area contributed by atoms with Crippen molar-refractivity contribution in [3.63, 3.8) is 0 Å². The number of aryl methyl sites for hydroxylation is 2. The van der Waals surface area contributed by atoms with E-state index in [1.54, 1.807) is 5.56 Å². The van der Waals surface area contributed by atoms with Gasteiger partial charge in [0.1, 0.15) is 11.5 Å². The molecular formula is C32H50O. The van der Waals surface area contributed by atoms with Crippen molar-refractivity contribution in [2.24, 2.45) is 0 Å². The SMILES string of the molecule is CCCCCCCCCCc1ccc(Oc2ccccc2)cc1CCCCCCCCCC. The van der Waals surface area contributed by atoms with Crippen molar-refractivity contribution in [1.82, 2.24) is 0 Å². The lowest BCUT2D eigenvalue weighted by molar-refractivity contribution is 0.481. The zero-order valence-electron chi connectivity index (χ0n) is 21.8. The van der Waals surface area contributed by atoms with Crippen LogP contribution in [0.3, 0.4) is 0 Å². The summed E-state index contributed by atoms with van der Waals surface area (Å²) in [6.45, 7) is 4.59. The molecule has 0 N–H and O–H groups in total. The quantitative estimate of drug-likeness (QED) is 0.182. The molecule has 0 unspecified atom stereocenters. The van der Waals surface area contributed by atoms with Crippen LogP contribution in [-0.2, 0) is 12.8 Å². The Balaban J connectivity index is 1.81. The van der Waals surface area contributed by atoms with Gasteiger partial charge in [-0.3, -0.25) is 0 Å². The van der Waals surface area contributed by atoms with Crippen molar-refractivity contribution in [3.8, 4) is 11.5 Å². The number of unbranched alkanes of at least 4 members (excludes halogenated alkanes) is 14. The first-order valence-electron chi connectivity index (χ1n) is 14.2. The van der Waals surface area contributed by atoms with Crippen LogP contribution in [0.2, 0.25) is 0 Å². The highest BCUT2D eigenvalue weighted by atomic mass is 16.5. The Morgan fingerprint density at radius 2 is 0.939 bits per heavy atom. The van der Waals surface area contributed by atoms with Gasteiger partial charge in [-0.2, -0.15) is 0 Å². The molecule has 0 aliphatic heterocycles. The van der Waals surface area contributed by atoms with Crippen molar-refractivity contribution in [2.75, 3.05) is 0 Å². The second-order valence-electron chi connectivity index (χ2n) is 9.80. The van der Waals surface area contributed by atoms with E-state index in [1.807, 2.05) is 30.3 Å². The van der Waals surface area contributed by atoms with E-state index in [0.29, 0.717) is 0 Å². The first-order valence-corrected chi connectivity index (χ1v) is 14.2. The highest BCUT2D eigenvalue weighted by Crippen LogP contribution is 2.26. The molecule has 0 aliphatic rings. The van der Waals surface area contributed by atoms with Crippen LogP contribution in [0, 0.1) is 0 Å². The summed E-state index contributed by atoms with van der Waals surface area (Å²) in [6, 6.07) is 17.0. The van der Waals surface area contributed by atoms with Crippen molar-refractivity contribution >= 4 is 0 Å². The molecular weight excluding hydrogens is 400 g/mol. The van der Waals surface area contributed by atoms with Crippen molar-refractivity contribution < 1.29 is 4.74 Å². The standard InChI is InChI=1S/C32H50O/c1-3-5-7-9-11-13-15-18-22-29-26-27-32(33-31-24-20-17-21-25-31)28-30(29)23-19-16-14-12-10-8-6-4-2/h17,20-21,24-28H,3-16,18-19,22-23H2,1-2H3. The van der Waals surface area contributed by atoms with Crippen LogP contribution in [0.1, 0.15) is 128 Å². The molecule has 0 saturated heterocycles. The van der Waals surface area contributed by atoms with Crippen LogP contribution in [0.25, 0.3) is 0 Å². The Kier molecular flexibility index (Phi) is 15.5. The fourth-order valence-corrected chi connectivity index (χ4v) is 4.67. The van der Waals surface area contributed by atoms with Gasteiger partial charge in [-0.15, -0.1) is 0 Å². The van der Waals surface area contributed by atoms with E-state index in [-0.39, 0.29) is 0 Å². The third-order valence-electron chi connectivity index (χ3n) is 6.76. The Hall–Kier alpha value is -1.76. The maximum atomic E-state index is 6.15. The van der Waals surface area contributed by atoms with Crippen molar-refractivity contribution in [1.29, 1.82) is 0 Å². The molecule has 0 aliphatic carbocycles. The van der Waals surface area contributed by atoms with E-state index in [9.17, 15) is 0 Å². The molecule has 0 aromatic heterocycles. The fraction of sp³-hybridized carbons (Fsp3) is 0.625. The van der Waals surface area contributed by atoms with E-state index in [0.717, 1.165) is 11.5 Å². The second-order valence-corrected chi connectivity index (χ2v) is 9.80. The zero-order chi connectivity index (χ0) is 23.4. The maximum Gasteiger partial charge on any atom is 0.127 e. The molecule has 1 nitrogen and oxygen atoms in total. The predicted octanol–water partition coefficient (Wildman–Crippen LogP) is 10.8. The first-order chi connectivity index (χ1) is 16.3. The summed E-state index contributed by atoms with van der Waals surface area (Å²) < 4.78 is 6.15. The van der Waals surface area contributed by atoms with Crippen molar-refractivity contribution in [3.05, 3.63) is 59.7 Å². The van der Waals surface area contributed by atoms with Gasteiger partial charge < -0.3 is 4.74 Å². The number of rotatable bonds is 20. The van der Waals surface area contributed by atoms with Crippen LogP contribution in [0.15, 0.2) is 48.5 Å². The van der Waals surface area contributed by atoms with Gasteiger partial charge >= 0.3 is 0 Å². The topological polar surface area (TPSA) is 9.23 Å². The molecule has 2 rings (SSSR count). The zero-order valence-corrected chi connectivity index (χ0v) is 21.8. The van der Waals surface area contributed by atoms with E-state index in [4.69, 9.17) is 4.74 Å². The molecule has 0 spiro atoms. The molecule has 0 atom stereocenters.